The van der Waals surface area contributed by atoms with E-state index in [1.807, 2.05) is 43.3 Å². The van der Waals surface area contributed by atoms with Crippen LogP contribution in [0.3, 0.4) is 0 Å². The van der Waals surface area contributed by atoms with E-state index in [-0.39, 0.29) is 23.7 Å². The lowest BCUT2D eigenvalue weighted by Gasteiger charge is -2.59. The molecule has 5 fully saturated rings. The summed E-state index contributed by atoms with van der Waals surface area (Å²) >= 11 is 0. The topological polar surface area (TPSA) is 63.2 Å². The molecular formula is C29H32O6. The fourth-order valence-corrected chi connectivity index (χ4v) is 7.60. The van der Waals surface area contributed by atoms with Gasteiger partial charge in [0.1, 0.15) is 5.92 Å². The van der Waals surface area contributed by atoms with E-state index < -0.39 is 29.9 Å². The maximum absolute atomic E-state index is 13.8. The van der Waals surface area contributed by atoms with Gasteiger partial charge in [0.2, 0.25) is 12.1 Å². The summed E-state index contributed by atoms with van der Waals surface area (Å²) in [6.07, 6.45) is 2.47. The highest BCUT2D eigenvalue weighted by Gasteiger charge is 2.69. The molecule has 2 aromatic rings. The number of benzene rings is 2. The van der Waals surface area contributed by atoms with Crippen molar-refractivity contribution in [2.75, 3.05) is 0 Å². The van der Waals surface area contributed by atoms with Crippen molar-refractivity contribution in [1.82, 2.24) is 0 Å². The molecule has 2 aliphatic carbocycles. The highest BCUT2D eigenvalue weighted by Crippen LogP contribution is 2.60. The lowest BCUT2D eigenvalue weighted by Crippen LogP contribution is -2.70. The van der Waals surface area contributed by atoms with Crippen molar-refractivity contribution in [2.24, 2.45) is 23.7 Å². The minimum Gasteiger partial charge on any atom is -0.435 e. The van der Waals surface area contributed by atoms with Gasteiger partial charge >= 0.3 is 5.97 Å². The summed E-state index contributed by atoms with van der Waals surface area (Å²) < 4.78 is 19.1. The molecule has 0 N–H and O–H groups in total. The highest BCUT2D eigenvalue weighted by molar-refractivity contribution is 5.93. The molecule has 0 amide bonds. The number of hydrogen-bond donors (Lipinski definition) is 0. The molecule has 8 atom stereocenters. The predicted molar refractivity (Wildman–Crippen MR) is 127 cm³/mol. The third-order valence-corrected chi connectivity index (χ3v) is 9.40. The lowest BCUT2D eigenvalue weighted by molar-refractivity contribution is -0.576. The number of esters is 1. The minimum absolute atomic E-state index is 0.0493. The standard InChI is InChI=1S/C29H32O6/c1-16-12-13-23-17(2)26(32-27-29(23)22(16)14-15-28(3,33-27)34-35-29)31-25(30)24-20-10-6-4-8-18(20)19-9-5-7-11-21(19)24/h4-11,16-17,22-24,26-27H,12-15H2,1-3H3/t16-,17-,22+,23+,26-,27-,28+,29-/m1/s1. The van der Waals surface area contributed by atoms with E-state index in [1.165, 1.54) is 0 Å². The minimum atomic E-state index is -0.851. The average molecular weight is 477 g/mol. The van der Waals surface area contributed by atoms with Gasteiger partial charge in [-0.25, -0.2) is 9.78 Å². The Morgan fingerprint density at radius 2 is 1.60 bits per heavy atom. The van der Waals surface area contributed by atoms with E-state index in [0.29, 0.717) is 5.92 Å². The number of carbonyl (C=O) groups is 1. The van der Waals surface area contributed by atoms with Crippen molar-refractivity contribution >= 4 is 5.97 Å². The molecule has 0 aromatic heterocycles. The maximum Gasteiger partial charge on any atom is 0.320 e. The molecular weight excluding hydrogens is 444 g/mol. The van der Waals surface area contributed by atoms with Gasteiger partial charge in [0.15, 0.2) is 11.9 Å². The van der Waals surface area contributed by atoms with Crippen LogP contribution in [0.4, 0.5) is 0 Å². The average Bonchev–Trinajstić information content (AvgIpc) is 3.02. The Bertz CT molecular complexity index is 1130. The SMILES string of the molecule is C[C@H]1[C@H](OC(=O)C2c3ccccc3-c3ccccc32)O[C@@H]2O[C@]3(C)CC[C@H]4[C@H](C)CC[C@@H]1[C@@]24OO3. The Morgan fingerprint density at radius 1 is 0.914 bits per heavy atom. The van der Waals surface area contributed by atoms with Crippen molar-refractivity contribution in [2.45, 2.75) is 76.3 Å². The molecule has 184 valence electrons. The summed E-state index contributed by atoms with van der Waals surface area (Å²) in [5, 5.41) is 0. The largest absolute Gasteiger partial charge is 0.435 e. The van der Waals surface area contributed by atoms with Crippen LogP contribution < -0.4 is 0 Å². The first-order valence-corrected chi connectivity index (χ1v) is 13.0. The summed E-state index contributed by atoms with van der Waals surface area (Å²) in [5.74, 6) is -0.755. The third-order valence-electron chi connectivity index (χ3n) is 9.40. The first-order chi connectivity index (χ1) is 16.9. The van der Waals surface area contributed by atoms with Gasteiger partial charge in [0.25, 0.3) is 0 Å². The second-order valence-corrected chi connectivity index (χ2v) is 11.3. The molecule has 0 unspecified atom stereocenters. The zero-order valence-corrected chi connectivity index (χ0v) is 20.4. The van der Waals surface area contributed by atoms with E-state index in [2.05, 4.69) is 26.0 Å². The molecule has 35 heavy (non-hydrogen) atoms. The molecule has 4 heterocycles. The molecule has 1 spiro atoms. The van der Waals surface area contributed by atoms with E-state index >= 15 is 0 Å². The van der Waals surface area contributed by atoms with Crippen molar-refractivity contribution < 1.29 is 28.8 Å². The summed E-state index contributed by atoms with van der Waals surface area (Å²) in [5.41, 5.74) is 3.49. The number of fused-ring (bicyclic) bond motifs is 5. The van der Waals surface area contributed by atoms with Crippen molar-refractivity contribution in [3.05, 3.63) is 59.7 Å². The molecule has 6 aliphatic rings. The quantitative estimate of drug-likeness (QED) is 0.418. The van der Waals surface area contributed by atoms with Gasteiger partial charge in [-0.3, -0.25) is 4.79 Å². The number of rotatable bonds is 2. The van der Waals surface area contributed by atoms with Gasteiger partial charge in [-0.2, -0.15) is 0 Å². The fraction of sp³-hybridized carbons (Fsp3) is 0.552. The van der Waals surface area contributed by atoms with Gasteiger partial charge in [0, 0.05) is 18.3 Å². The van der Waals surface area contributed by atoms with Crippen molar-refractivity contribution in [1.29, 1.82) is 0 Å². The summed E-state index contributed by atoms with van der Waals surface area (Å²) in [4.78, 5) is 25.9. The van der Waals surface area contributed by atoms with Gasteiger partial charge in [-0.05, 0) is 60.3 Å². The summed E-state index contributed by atoms with van der Waals surface area (Å²) in [7, 11) is 0. The summed E-state index contributed by atoms with van der Waals surface area (Å²) in [6.45, 7) is 6.31. The monoisotopic (exact) mass is 476 g/mol. The lowest BCUT2D eigenvalue weighted by atomic mass is 9.58. The molecule has 2 aromatic carbocycles. The molecule has 6 nitrogen and oxygen atoms in total. The summed E-state index contributed by atoms with van der Waals surface area (Å²) in [6, 6.07) is 16.2. The van der Waals surface area contributed by atoms with Crippen molar-refractivity contribution in [3.63, 3.8) is 0 Å². The van der Waals surface area contributed by atoms with Crippen LogP contribution in [0.1, 0.15) is 63.5 Å². The first kappa shape index (κ1) is 22.0. The Morgan fingerprint density at radius 3 is 2.31 bits per heavy atom. The molecule has 6 heteroatoms. The molecule has 8 rings (SSSR count). The molecule has 4 aliphatic heterocycles. The smallest absolute Gasteiger partial charge is 0.320 e. The maximum atomic E-state index is 13.8. The second-order valence-electron chi connectivity index (χ2n) is 11.3. The molecule has 0 radical (unpaired) electrons. The zero-order chi connectivity index (χ0) is 23.9. The van der Waals surface area contributed by atoms with Gasteiger partial charge in [-0.15, -0.1) is 0 Å². The Hall–Kier alpha value is -2.25. The zero-order valence-electron chi connectivity index (χ0n) is 20.4. The molecule has 1 saturated carbocycles. The van der Waals surface area contributed by atoms with Crippen LogP contribution in [0.15, 0.2) is 48.5 Å². The normalized spacial score (nSPS) is 41.5. The van der Waals surface area contributed by atoms with Crippen LogP contribution >= 0.6 is 0 Å². The van der Waals surface area contributed by atoms with Crippen LogP contribution in [0, 0.1) is 23.7 Å². The van der Waals surface area contributed by atoms with Crippen LogP contribution in [0.5, 0.6) is 0 Å². The number of ether oxygens (including phenoxy) is 3. The van der Waals surface area contributed by atoms with Crippen LogP contribution in [0.2, 0.25) is 0 Å². The molecule has 2 bridgehead atoms. The predicted octanol–water partition coefficient (Wildman–Crippen LogP) is 5.55. The second kappa shape index (κ2) is 7.62. The van der Waals surface area contributed by atoms with Gasteiger partial charge in [-0.1, -0.05) is 62.4 Å². The van der Waals surface area contributed by atoms with Crippen molar-refractivity contribution in [3.8, 4) is 11.1 Å². The highest BCUT2D eigenvalue weighted by atomic mass is 17.3. The van der Waals surface area contributed by atoms with Crippen LogP contribution in [-0.2, 0) is 28.8 Å². The Kier molecular flexibility index (Phi) is 4.79. The van der Waals surface area contributed by atoms with Gasteiger partial charge in [0.05, 0.1) is 0 Å². The van der Waals surface area contributed by atoms with E-state index in [4.69, 9.17) is 24.0 Å². The van der Waals surface area contributed by atoms with E-state index in [9.17, 15) is 4.79 Å². The van der Waals surface area contributed by atoms with E-state index in [0.717, 1.165) is 47.9 Å². The molecule has 4 saturated heterocycles. The number of hydrogen-bond acceptors (Lipinski definition) is 6. The first-order valence-electron chi connectivity index (χ1n) is 13.0. The fourth-order valence-electron chi connectivity index (χ4n) is 7.60. The van der Waals surface area contributed by atoms with Gasteiger partial charge < -0.3 is 14.2 Å². The third kappa shape index (κ3) is 3.00. The number of carbonyl (C=O) groups excluding carboxylic acids is 1. The van der Waals surface area contributed by atoms with Crippen LogP contribution in [-0.4, -0.2) is 29.9 Å². The van der Waals surface area contributed by atoms with Crippen LogP contribution in [0.25, 0.3) is 11.1 Å². The van der Waals surface area contributed by atoms with E-state index in [1.54, 1.807) is 0 Å². The Labute approximate surface area is 205 Å². The Balaban J connectivity index is 1.21.